The van der Waals surface area contributed by atoms with E-state index in [0.717, 1.165) is 22.7 Å². The SMILES string of the molecule is CC(=O)/C=C(/C)O.CNCc1ccnc(-c2[c-]cc(Sc3ccccc3)cc2Sc2ccccc2)c1.[Ir]. The molecule has 0 amide bonds. The maximum atomic E-state index is 10.0. The van der Waals surface area contributed by atoms with Crippen LogP contribution in [0.5, 0.6) is 0 Å². The number of carbonyl (C=O) groups excluding carboxylic acids is 1. The summed E-state index contributed by atoms with van der Waals surface area (Å²) in [6, 6.07) is 32.9. The van der Waals surface area contributed by atoms with E-state index in [-0.39, 0.29) is 31.6 Å². The maximum absolute atomic E-state index is 10.0. The van der Waals surface area contributed by atoms with E-state index in [1.54, 1.807) is 23.5 Å². The summed E-state index contributed by atoms with van der Waals surface area (Å²) in [5, 5.41) is 11.6. The first-order valence-electron chi connectivity index (χ1n) is 11.4. The fourth-order valence-electron chi connectivity index (χ4n) is 3.26. The second-order valence-corrected chi connectivity index (χ2v) is 10.1. The molecule has 4 nitrogen and oxygen atoms in total. The van der Waals surface area contributed by atoms with E-state index in [9.17, 15) is 4.79 Å². The van der Waals surface area contributed by atoms with Crippen LogP contribution in [0.4, 0.5) is 0 Å². The molecule has 0 fully saturated rings. The quantitative estimate of drug-likeness (QED) is 0.112. The van der Waals surface area contributed by atoms with Gasteiger partial charge in [0.15, 0.2) is 5.78 Å². The number of hydrogen-bond donors (Lipinski definition) is 2. The van der Waals surface area contributed by atoms with Crippen LogP contribution in [-0.2, 0) is 31.4 Å². The zero-order chi connectivity index (χ0) is 25.8. The number of allylic oxidation sites excluding steroid dienone is 2. The normalized spacial score (nSPS) is 10.6. The summed E-state index contributed by atoms with van der Waals surface area (Å²) in [4.78, 5) is 19.4. The van der Waals surface area contributed by atoms with Gasteiger partial charge in [0, 0.05) is 48.7 Å². The molecule has 0 aliphatic rings. The van der Waals surface area contributed by atoms with Gasteiger partial charge in [-0.25, -0.2) is 0 Å². The van der Waals surface area contributed by atoms with Gasteiger partial charge in [0.1, 0.15) is 0 Å². The van der Waals surface area contributed by atoms with Gasteiger partial charge in [-0.1, -0.05) is 52.3 Å². The third-order valence-electron chi connectivity index (χ3n) is 4.70. The van der Waals surface area contributed by atoms with E-state index in [4.69, 9.17) is 5.11 Å². The molecule has 0 saturated heterocycles. The molecule has 2 N–H and O–H groups in total. The van der Waals surface area contributed by atoms with Crippen LogP contribution in [0.2, 0.25) is 0 Å². The fourth-order valence-corrected chi connectivity index (χ4v) is 5.19. The van der Waals surface area contributed by atoms with Gasteiger partial charge in [0.25, 0.3) is 0 Å². The minimum Gasteiger partial charge on any atom is -0.512 e. The molecule has 4 rings (SSSR count). The number of carbonyl (C=O) groups is 1. The van der Waals surface area contributed by atoms with E-state index in [0.29, 0.717) is 0 Å². The third-order valence-corrected chi connectivity index (χ3v) is 6.73. The van der Waals surface area contributed by atoms with E-state index < -0.39 is 0 Å². The average Bonchev–Trinajstić information content (AvgIpc) is 2.85. The number of aliphatic hydroxyl groups excluding tert-OH is 1. The number of hydrogen-bond acceptors (Lipinski definition) is 6. The van der Waals surface area contributed by atoms with Crippen LogP contribution in [-0.4, -0.2) is 22.9 Å². The number of pyridine rings is 1. The van der Waals surface area contributed by atoms with Crippen LogP contribution >= 0.6 is 23.5 Å². The first-order valence-corrected chi connectivity index (χ1v) is 13.1. The molecule has 193 valence electrons. The molecule has 0 spiro atoms. The smallest absolute Gasteiger partial charge is 0.155 e. The fraction of sp³-hybridized carbons (Fsp3) is 0.133. The van der Waals surface area contributed by atoms with E-state index in [1.165, 1.54) is 40.2 Å². The molecule has 0 aliphatic carbocycles. The summed E-state index contributed by atoms with van der Waals surface area (Å²) in [5.74, 6) is -0.0625. The van der Waals surface area contributed by atoms with E-state index >= 15 is 0 Å². The molecule has 0 aliphatic heterocycles. The first kappa shape index (κ1) is 30.6. The monoisotopic (exact) mass is 706 g/mol. The van der Waals surface area contributed by atoms with Gasteiger partial charge in [-0.15, -0.1) is 47.3 Å². The van der Waals surface area contributed by atoms with Gasteiger partial charge in [-0.2, -0.15) is 0 Å². The first-order chi connectivity index (χ1) is 17.4. The average molecular weight is 706 g/mol. The van der Waals surface area contributed by atoms with Crippen molar-refractivity contribution in [1.29, 1.82) is 0 Å². The van der Waals surface area contributed by atoms with E-state index in [2.05, 4.69) is 83.1 Å². The predicted molar refractivity (Wildman–Crippen MR) is 149 cm³/mol. The zero-order valence-corrected chi connectivity index (χ0v) is 24.9. The summed E-state index contributed by atoms with van der Waals surface area (Å²) >= 11 is 3.51. The number of aromatic nitrogens is 1. The van der Waals surface area contributed by atoms with Crippen LogP contribution in [0.3, 0.4) is 0 Å². The Hall–Kier alpha value is -2.67. The summed E-state index contributed by atoms with van der Waals surface area (Å²) in [6.45, 7) is 3.67. The Morgan fingerprint density at radius 1 is 0.946 bits per heavy atom. The maximum Gasteiger partial charge on any atom is 0.155 e. The number of aliphatic hydroxyl groups is 1. The van der Waals surface area contributed by atoms with Crippen molar-refractivity contribution in [2.45, 2.75) is 40.0 Å². The van der Waals surface area contributed by atoms with Crippen LogP contribution in [0.25, 0.3) is 11.3 Å². The third kappa shape index (κ3) is 10.7. The van der Waals surface area contributed by atoms with Gasteiger partial charge < -0.3 is 15.4 Å². The van der Waals surface area contributed by atoms with Crippen molar-refractivity contribution < 1.29 is 30.0 Å². The van der Waals surface area contributed by atoms with Gasteiger partial charge in [0.05, 0.1) is 5.76 Å². The Morgan fingerprint density at radius 2 is 1.57 bits per heavy atom. The Bertz CT molecular complexity index is 1300. The van der Waals surface area contributed by atoms with Crippen molar-refractivity contribution >= 4 is 29.3 Å². The van der Waals surface area contributed by atoms with Gasteiger partial charge in [0.2, 0.25) is 0 Å². The van der Waals surface area contributed by atoms with Crippen LogP contribution in [0, 0.1) is 6.07 Å². The topological polar surface area (TPSA) is 62.2 Å². The van der Waals surface area contributed by atoms with Gasteiger partial charge >= 0.3 is 0 Å². The second-order valence-electron chi connectivity index (χ2n) is 7.88. The van der Waals surface area contributed by atoms with Crippen molar-refractivity contribution in [2.75, 3.05) is 7.05 Å². The molecule has 1 aromatic heterocycles. The molecule has 0 bridgehead atoms. The molecule has 0 saturated carbocycles. The summed E-state index contributed by atoms with van der Waals surface area (Å²) in [7, 11) is 1.96. The van der Waals surface area contributed by atoms with Crippen molar-refractivity contribution in [2.24, 2.45) is 0 Å². The minimum atomic E-state index is -0.125. The largest absolute Gasteiger partial charge is 0.512 e. The Morgan fingerprint density at radius 3 is 2.11 bits per heavy atom. The van der Waals surface area contributed by atoms with Crippen molar-refractivity contribution in [3.63, 3.8) is 0 Å². The van der Waals surface area contributed by atoms with Crippen molar-refractivity contribution in [3.05, 3.63) is 115 Å². The standard InChI is InChI=1S/C25H21N2S2.C5H8O2.Ir/c1-26-18-19-14-15-27-24(16-19)23-13-12-22(28-20-8-4-2-5-9-20)17-25(23)29-21-10-6-3-7-11-21;1-4(6)3-5(2)7;/h2-12,14-17,26H,18H2,1H3;3,6H,1-2H3;/q-1;;/b;4-3-;. The molecule has 7 heteroatoms. The van der Waals surface area contributed by atoms with Crippen LogP contribution in [0.1, 0.15) is 19.4 Å². The predicted octanol–water partition coefficient (Wildman–Crippen LogP) is 7.61. The van der Waals surface area contributed by atoms with Crippen molar-refractivity contribution in [1.82, 2.24) is 10.3 Å². The summed E-state index contributed by atoms with van der Waals surface area (Å²) in [6.07, 6.45) is 3.04. The molecule has 1 radical (unpaired) electrons. The zero-order valence-electron chi connectivity index (χ0n) is 20.9. The number of nitrogens with zero attached hydrogens (tertiary/aromatic N) is 1. The van der Waals surface area contributed by atoms with E-state index in [1.807, 2.05) is 31.4 Å². The molecule has 0 atom stereocenters. The van der Waals surface area contributed by atoms with Crippen LogP contribution in [0.15, 0.2) is 123 Å². The van der Waals surface area contributed by atoms with Crippen molar-refractivity contribution in [3.8, 4) is 11.3 Å². The summed E-state index contributed by atoms with van der Waals surface area (Å²) < 4.78 is 0. The number of nitrogens with one attached hydrogen (secondary N) is 1. The number of ketones is 1. The molecule has 4 aromatic rings. The molecular weight excluding hydrogens is 677 g/mol. The summed E-state index contributed by atoms with van der Waals surface area (Å²) in [5.41, 5.74) is 3.20. The Kier molecular flexibility index (Phi) is 13.4. The number of benzene rings is 3. The van der Waals surface area contributed by atoms with Gasteiger partial charge in [-0.3, -0.25) is 4.79 Å². The van der Waals surface area contributed by atoms with Crippen LogP contribution < -0.4 is 5.32 Å². The Balaban J connectivity index is 0.000000532. The molecule has 0 unspecified atom stereocenters. The molecular formula is C30H29IrN2O2S2-. The Labute approximate surface area is 241 Å². The number of rotatable bonds is 8. The molecule has 3 aromatic carbocycles. The molecule has 37 heavy (non-hydrogen) atoms. The van der Waals surface area contributed by atoms with Gasteiger partial charge in [-0.05, 0) is 62.5 Å². The molecule has 1 heterocycles. The minimum absolute atomic E-state index is 0. The second kappa shape index (κ2) is 16.2.